The fraction of sp³-hybridized carbons (Fsp3) is 0.647. The van der Waals surface area contributed by atoms with Gasteiger partial charge in [0.15, 0.2) is 0 Å². The first-order chi connectivity index (χ1) is 10.0. The summed E-state index contributed by atoms with van der Waals surface area (Å²) in [5.74, 6) is -0.407. The highest BCUT2D eigenvalue weighted by Gasteiger charge is 2.41. The number of hydrogen-bond acceptors (Lipinski definition) is 1. The fourth-order valence-corrected chi connectivity index (χ4v) is 3.31. The predicted octanol–water partition coefficient (Wildman–Crippen LogP) is 4.77. The van der Waals surface area contributed by atoms with Gasteiger partial charge in [0.2, 0.25) is 0 Å². The van der Waals surface area contributed by atoms with Crippen LogP contribution in [0.25, 0.3) is 0 Å². The highest BCUT2D eigenvalue weighted by atomic mass is 19.4. The average molecular weight is 297 g/mol. The Morgan fingerprint density at radius 3 is 2.62 bits per heavy atom. The summed E-state index contributed by atoms with van der Waals surface area (Å²) in [6.07, 6.45) is 0.551. The van der Waals surface area contributed by atoms with Gasteiger partial charge in [-0.25, -0.2) is 0 Å². The zero-order valence-corrected chi connectivity index (χ0v) is 12.1. The Morgan fingerprint density at radius 1 is 1.10 bits per heavy atom. The fourth-order valence-electron chi connectivity index (χ4n) is 3.31. The quantitative estimate of drug-likeness (QED) is 0.843. The van der Waals surface area contributed by atoms with Gasteiger partial charge in [-0.3, -0.25) is 0 Å². The van der Waals surface area contributed by atoms with Crippen molar-refractivity contribution in [1.29, 1.82) is 0 Å². The molecular weight excluding hydrogens is 275 g/mol. The van der Waals surface area contributed by atoms with Crippen molar-refractivity contribution in [2.45, 2.75) is 63.2 Å². The van der Waals surface area contributed by atoms with Gasteiger partial charge in [0.25, 0.3) is 0 Å². The molecule has 1 N–H and O–H groups in total. The zero-order chi connectivity index (χ0) is 14.9. The van der Waals surface area contributed by atoms with Crippen LogP contribution in [0.15, 0.2) is 24.3 Å². The van der Waals surface area contributed by atoms with Gasteiger partial charge in [-0.1, -0.05) is 30.7 Å². The second-order valence-electron chi connectivity index (χ2n) is 6.50. The van der Waals surface area contributed by atoms with E-state index in [1.54, 1.807) is 0 Å². The second-order valence-corrected chi connectivity index (χ2v) is 6.50. The summed E-state index contributed by atoms with van der Waals surface area (Å²) in [5.41, 5.74) is 2.57. The minimum absolute atomic E-state index is 0.00467. The van der Waals surface area contributed by atoms with Crippen LogP contribution < -0.4 is 5.32 Å². The first kappa shape index (κ1) is 14.9. The molecule has 2 atom stereocenters. The van der Waals surface area contributed by atoms with E-state index >= 15 is 0 Å². The van der Waals surface area contributed by atoms with Crippen molar-refractivity contribution < 1.29 is 13.2 Å². The molecule has 0 aliphatic heterocycles. The summed E-state index contributed by atoms with van der Waals surface area (Å²) >= 11 is 0. The van der Waals surface area contributed by atoms with Crippen LogP contribution in [0.2, 0.25) is 0 Å². The van der Waals surface area contributed by atoms with E-state index in [-0.39, 0.29) is 12.5 Å². The third-order valence-electron chi connectivity index (χ3n) is 4.73. The molecule has 2 fully saturated rings. The van der Waals surface area contributed by atoms with E-state index in [1.807, 2.05) is 0 Å². The van der Waals surface area contributed by atoms with Crippen LogP contribution in [0.4, 0.5) is 13.2 Å². The molecule has 2 aliphatic carbocycles. The molecule has 0 heterocycles. The van der Waals surface area contributed by atoms with Gasteiger partial charge in [-0.2, -0.15) is 13.2 Å². The van der Waals surface area contributed by atoms with Gasteiger partial charge in [-0.15, -0.1) is 0 Å². The Bertz CT molecular complexity index is 479. The molecule has 0 bridgehead atoms. The average Bonchev–Trinajstić information content (AvgIpc) is 3.30. The lowest BCUT2D eigenvalue weighted by Crippen LogP contribution is -2.38. The first-order valence-electron chi connectivity index (χ1n) is 7.91. The molecule has 0 amide bonds. The van der Waals surface area contributed by atoms with E-state index in [0.717, 1.165) is 6.42 Å². The van der Waals surface area contributed by atoms with Crippen molar-refractivity contribution in [3.05, 3.63) is 35.4 Å². The van der Waals surface area contributed by atoms with E-state index in [9.17, 15) is 13.2 Å². The molecule has 0 spiro atoms. The molecule has 4 heteroatoms. The second kappa shape index (κ2) is 5.99. The molecule has 1 aromatic rings. The van der Waals surface area contributed by atoms with Crippen molar-refractivity contribution in [2.75, 3.05) is 0 Å². The van der Waals surface area contributed by atoms with E-state index in [4.69, 9.17) is 0 Å². The Hall–Kier alpha value is -1.03. The Kier molecular flexibility index (Phi) is 4.25. The highest BCUT2D eigenvalue weighted by Crippen LogP contribution is 2.40. The molecule has 2 saturated carbocycles. The maximum Gasteiger partial charge on any atom is 0.391 e. The van der Waals surface area contributed by atoms with E-state index < -0.39 is 12.1 Å². The lowest BCUT2D eigenvalue weighted by molar-refractivity contribution is -0.183. The van der Waals surface area contributed by atoms with Crippen molar-refractivity contribution >= 4 is 0 Å². The normalized spacial score (nSPS) is 26.8. The molecule has 116 valence electrons. The molecule has 0 aromatic heterocycles. The Labute approximate surface area is 123 Å². The smallest absolute Gasteiger partial charge is 0.310 e. The third kappa shape index (κ3) is 4.00. The molecule has 2 unspecified atom stereocenters. The van der Waals surface area contributed by atoms with Crippen LogP contribution in [0.1, 0.15) is 55.6 Å². The Morgan fingerprint density at radius 2 is 1.90 bits per heavy atom. The maximum atomic E-state index is 12.8. The summed E-state index contributed by atoms with van der Waals surface area (Å²) < 4.78 is 38.4. The number of alkyl halides is 3. The summed E-state index contributed by atoms with van der Waals surface area (Å²) in [7, 11) is 0. The summed E-state index contributed by atoms with van der Waals surface area (Å²) in [4.78, 5) is 0. The SMILES string of the molecule is FC(F)(F)C1CCCC(NCc2cccc(C3CC3)c2)C1. The lowest BCUT2D eigenvalue weighted by atomic mass is 9.85. The predicted molar refractivity (Wildman–Crippen MR) is 77.1 cm³/mol. The van der Waals surface area contributed by atoms with Gasteiger partial charge in [0.1, 0.15) is 0 Å². The first-order valence-corrected chi connectivity index (χ1v) is 7.91. The number of nitrogens with one attached hydrogen (secondary N) is 1. The zero-order valence-electron chi connectivity index (χ0n) is 12.1. The summed E-state index contributed by atoms with van der Waals surface area (Å²) in [6, 6.07) is 8.47. The Balaban J connectivity index is 1.53. The molecule has 0 saturated heterocycles. The summed E-state index contributed by atoms with van der Waals surface area (Å²) in [6.45, 7) is 0.676. The minimum atomic E-state index is -4.04. The summed E-state index contributed by atoms with van der Waals surface area (Å²) in [5, 5.41) is 3.33. The van der Waals surface area contributed by atoms with Crippen LogP contribution in [0.5, 0.6) is 0 Å². The van der Waals surface area contributed by atoms with Crippen molar-refractivity contribution in [3.63, 3.8) is 0 Å². The molecular formula is C17H22F3N. The number of benzene rings is 1. The molecule has 1 nitrogen and oxygen atoms in total. The van der Waals surface area contributed by atoms with Crippen LogP contribution in [0.3, 0.4) is 0 Å². The molecule has 21 heavy (non-hydrogen) atoms. The number of rotatable bonds is 4. The molecule has 0 radical (unpaired) electrons. The van der Waals surface area contributed by atoms with Crippen LogP contribution in [-0.2, 0) is 6.54 Å². The van der Waals surface area contributed by atoms with Gasteiger partial charge < -0.3 is 5.32 Å². The largest absolute Gasteiger partial charge is 0.391 e. The molecule has 1 aromatic carbocycles. The monoisotopic (exact) mass is 297 g/mol. The molecule has 3 rings (SSSR count). The van der Waals surface area contributed by atoms with Gasteiger partial charge in [0.05, 0.1) is 5.92 Å². The highest BCUT2D eigenvalue weighted by molar-refractivity contribution is 5.29. The van der Waals surface area contributed by atoms with Gasteiger partial charge >= 0.3 is 6.18 Å². The van der Waals surface area contributed by atoms with Crippen LogP contribution in [-0.4, -0.2) is 12.2 Å². The van der Waals surface area contributed by atoms with Crippen LogP contribution in [0, 0.1) is 5.92 Å². The van der Waals surface area contributed by atoms with E-state index in [0.29, 0.717) is 25.3 Å². The molecule has 2 aliphatic rings. The van der Waals surface area contributed by atoms with Crippen LogP contribution >= 0.6 is 0 Å². The lowest BCUT2D eigenvalue weighted by Gasteiger charge is -2.31. The number of hydrogen-bond donors (Lipinski definition) is 1. The van der Waals surface area contributed by atoms with E-state index in [2.05, 4.69) is 29.6 Å². The van der Waals surface area contributed by atoms with Gasteiger partial charge in [0, 0.05) is 12.6 Å². The number of halogens is 3. The van der Waals surface area contributed by atoms with Crippen molar-refractivity contribution in [3.8, 4) is 0 Å². The topological polar surface area (TPSA) is 12.0 Å². The minimum Gasteiger partial charge on any atom is -0.310 e. The third-order valence-corrected chi connectivity index (χ3v) is 4.73. The van der Waals surface area contributed by atoms with Crippen molar-refractivity contribution in [1.82, 2.24) is 5.32 Å². The standard InChI is InChI=1S/C17H22F3N/c18-17(19,20)15-5-2-6-16(10-15)21-11-12-3-1-4-14(9-12)13-7-8-13/h1,3-4,9,13,15-16,21H,2,5-8,10-11H2. The van der Waals surface area contributed by atoms with Gasteiger partial charge in [-0.05, 0) is 49.1 Å². The van der Waals surface area contributed by atoms with E-state index in [1.165, 1.54) is 24.0 Å². The maximum absolute atomic E-state index is 12.8. The van der Waals surface area contributed by atoms with Crippen molar-refractivity contribution in [2.24, 2.45) is 5.92 Å².